The third-order valence-electron chi connectivity index (χ3n) is 4.49. The quantitative estimate of drug-likeness (QED) is 0.848. The Bertz CT molecular complexity index is 785. The smallest absolute Gasteiger partial charge is 0.214 e. The minimum absolute atomic E-state index is 0.00544. The van der Waals surface area contributed by atoms with Crippen molar-refractivity contribution in [3.63, 3.8) is 0 Å². The molecule has 1 fully saturated rings. The van der Waals surface area contributed by atoms with E-state index in [1.165, 1.54) is 24.0 Å². The fourth-order valence-electron chi connectivity index (χ4n) is 3.11. The van der Waals surface area contributed by atoms with Crippen LogP contribution in [0.15, 0.2) is 30.5 Å². The van der Waals surface area contributed by atoms with Crippen molar-refractivity contribution >= 4 is 20.9 Å². The number of H-pyrrole nitrogens is 1. The number of aromatic amines is 1. The fourth-order valence-corrected chi connectivity index (χ4v) is 4.28. The van der Waals surface area contributed by atoms with Crippen LogP contribution in [0.3, 0.4) is 0 Å². The summed E-state index contributed by atoms with van der Waals surface area (Å²) >= 11 is 0. The fraction of sp³-hybridized carbons (Fsp3) is 0.500. The van der Waals surface area contributed by atoms with Gasteiger partial charge in [0.25, 0.3) is 0 Å². The molecule has 1 aliphatic rings. The van der Waals surface area contributed by atoms with Gasteiger partial charge in [0.05, 0.1) is 11.9 Å². The lowest BCUT2D eigenvalue weighted by atomic mass is 10.1. The zero-order valence-electron chi connectivity index (χ0n) is 13.4. The van der Waals surface area contributed by atoms with Crippen molar-refractivity contribution in [2.45, 2.75) is 12.6 Å². The maximum Gasteiger partial charge on any atom is 0.214 e. The minimum Gasteiger partial charge on any atom is -0.391 e. The van der Waals surface area contributed by atoms with Crippen LogP contribution in [0.25, 0.3) is 10.9 Å². The number of likely N-dealkylation sites (tertiary alicyclic amines) is 1. The highest BCUT2D eigenvalue weighted by atomic mass is 32.2. The first-order valence-electron chi connectivity index (χ1n) is 7.72. The number of aliphatic hydroxyl groups excluding tert-OH is 1. The van der Waals surface area contributed by atoms with Gasteiger partial charge < -0.3 is 10.1 Å². The van der Waals surface area contributed by atoms with Crippen LogP contribution in [-0.2, 0) is 16.6 Å². The first-order valence-corrected chi connectivity index (χ1v) is 9.33. The highest BCUT2D eigenvalue weighted by Crippen LogP contribution is 2.23. The molecule has 2 aromatic rings. The number of fused-ring (bicyclic) bond motifs is 1. The maximum atomic E-state index is 12.0. The molecule has 1 saturated heterocycles. The number of β-amino-alcohol motifs (C(OH)–C–C–N with tert-alkyl or cyclic N) is 1. The summed E-state index contributed by atoms with van der Waals surface area (Å²) in [5.74, 6) is -0.243. The number of hydrogen-bond donors (Lipinski definition) is 2. The number of rotatable bonds is 5. The van der Waals surface area contributed by atoms with Crippen molar-refractivity contribution in [3.8, 4) is 0 Å². The van der Waals surface area contributed by atoms with Gasteiger partial charge in [-0.2, -0.15) is 0 Å². The van der Waals surface area contributed by atoms with Crippen LogP contribution >= 0.6 is 0 Å². The third kappa shape index (κ3) is 3.58. The van der Waals surface area contributed by atoms with Gasteiger partial charge in [-0.25, -0.2) is 12.7 Å². The second-order valence-electron chi connectivity index (χ2n) is 6.48. The first-order chi connectivity index (χ1) is 10.8. The van der Waals surface area contributed by atoms with E-state index in [-0.39, 0.29) is 11.7 Å². The van der Waals surface area contributed by atoms with Gasteiger partial charge >= 0.3 is 0 Å². The van der Waals surface area contributed by atoms with Crippen LogP contribution in [0.5, 0.6) is 0 Å². The topological polar surface area (TPSA) is 76.6 Å². The summed E-state index contributed by atoms with van der Waals surface area (Å²) in [6.45, 7) is 1.83. The van der Waals surface area contributed by atoms with E-state index in [9.17, 15) is 13.5 Å². The second-order valence-corrected chi connectivity index (χ2v) is 8.71. The summed E-state index contributed by atoms with van der Waals surface area (Å²) in [5, 5.41) is 11.4. The standard InChI is InChI=1S/C16H23N3O3S/c1-18(2)23(21,22)11-14-9-19(10-16(14)20)8-12-3-4-15-13(7-12)5-6-17-15/h3-7,14,16-17,20H,8-11H2,1-2H3/t14-,16+/m0/s1. The Morgan fingerprint density at radius 3 is 2.83 bits per heavy atom. The molecule has 126 valence electrons. The predicted molar refractivity (Wildman–Crippen MR) is 90.5 cm³/mol. The van der Waals surface area contributed by atoms with E-state index >= 15 is 0 Å². The van der Waals surface area contributed by atoms with Gasteiger partial charge in [0.2, 0.25) is 10.0 Å². The highest BCUT2D eigenvalue weighted by molar-refractivity contribution is 7.89. The van der Waals surface area contributed by atoms with Gasteiger partial charge in [-0.1, -0.05) is 6.07 Å². The molecule has 2 atom stereocenters. The number of benzene rings is 1. The molecule has 0 aliphatic carbocycles. The summed E-state index contributed by atoms with van der Waals surface area (Å²) in [5.41, 5.74) is 2.27. The number of aromatic nitrogens is 1. The van der Waals surface area contributed by atoms with E-state index in [1.807, 2.05) is 18.3 Å². The monoisotopic (exact) mass is 337 g/mol. The Balaban J connectivity index is 1.66. The summed E-state index contributed by atoms with van der Waals surface area (Å²) in [4.78, 5) is 5.29. The zero-order valence-corrected chi connectivity index (χ0v) is 14.3. The van der Waals surface area contributed by atoms with Gasteiger partial charge in [-0.15, -0.1) is 0 Å². The zero-order chi connectivity index (χ0) is 16.6. The number of nitrogens with zero attached hydrogens (tertiary/aromatic N) is 2. The molecule has 2 heterocycles. The van der Waals surface area contributed by atoms with Crippen LogP contribution in [0.1, 0.15) is 5.56 Å². The average Bonchev–Trinajstić information content (AvgIpc) is 3.05. The molecule has 3 rings (SSSR count). The molecule has 6 nitrogen and oxygen atoms in total. The minimum atomic E-state index is -3.29. The number of nitrogens with one attached hydrogen (secondary N) is 1. The number of aliphatic hydroxyl groups is 1. The van der Waals surface area contributed by atoms with Crippen molar-refractivity contribution in [1.29, 1.82) is 0 Å². The van der Waals surface area contributed by atoms with Crippen LogP contribution < -0.4 is 0 Å². The van der Waals surface area contributed by atoms with Gasteiger partial charge in [-0.05, 0) is 29.1 Å². The van der Waals surface area contributed by atoms with Crippen molar-refractivity contribution in [2.75, 3.05) is 32.9 Å². The lowest BCUT2D eigenvalue weighted by Gasteiger charge is -2.18. The molecule has 23 heavy (non-hydrogen) atoms. The van der Waals surface area contributed by atoms with Crippen LogP contribution in [0.2, 0.25) is 0 Å². The molecule has 1 aromatic carbocycles. The van der Waals surface area contributed by atoms with Crippen molar-refractivity contribution in [2.24, 2.45) is 5.92 Å². The Hall–Kier alpha value is -1.41. The van der Waals surface area contributed by atoms with E-state index < -0.39 is 16.1 Å². The van der Waals surface area contributed by atoms with E-state index in [0.717, 1.165) is 17.4 Å². The molecule has 1 aliphatic heterocycles. The van der Waals surface area contributed by atoms with Crippen molar-refractivity contribution in [3.05, 3.63) is 36.0 Å². The average molecular weight is 337 g/mol. The third-order valence-corrected chi connectivity index (χ3v) is 6.45. The normalized spacial score (nSPS) is 23.1. The molecule has 1 aromatic heterocycles. The Morgan fingerprint density at radius 1 is 1.30 bits per heavy atom. The van der Waals surface area contributed by atoms with Crippen LogP contribution in [-0.4, -0.2) is 66.8 Å². The van der Waals surface area contributed by atoms with Crippen molar-refractivity contribution in [1.82, 2.24) is 14.2 Å². The van der Waals surface area contributed by atoms with Gasteiger partial charge in [-0.3, -0.25) is 4.90 Å². The van der Waals surface area contributed by atoms with E-state index in [4.69, 9.17) is 0 Å². The largest absolute Gasteiger partial charge is 0.391 e. The molecule has 0 unspecified atom stereocenters. The number of hydrogen-bond acceptors (Lipinski definition) is 4. The maximum absolute atomic E-state index is 12.0. The van der Waals surface area contributed by atoms with Gasteiger partial charge in [0, 0.05) is 51.4 Å². The van der Waals surface area contributed by atoms with Crippen LogP contribution in [0.4, 0.5) is 0 Å². The summed E-state index contributed by atoms with van der Waals surface area (Å²) in [6, 6.07) is 8.27. The molecule has 0 saturated carbocycles. The summed E-state index contributed by atoms with van der Waals surface area (Å²) in [6.07, 6.45) is 1.32. The predicted octanol–water partition coefficient (Wildman–Crippen LogP) is 0.852. The van der Waals surface area contributed by atoms with E-state index in [0.29, 0.717) is 13.1 Å². The lowest BCUT2D eigenvalue weighted by molar-refractivity contribution is 0.148. The molecule has 0 radical (unpaired) electrons. The molecule has 7 heteroatoms. The summed E-state index contributed by atoms with van der Waals surface area (Å²) in [7, 11) is -0.233. The molecule has 0 amide bonds. The first kappa shape index (κ1) is 16.4. The molecule has 0 bridgehead atoms. The molecule has 2 N–H and O–H groups in total. The van der Waals surface area contributed by atoms with Crippen LogP contribution in [0, 0.1) is 5.92 Å². The number of sulfonamides is 1. The Morgan fingerprint density at radius 2 is 2.09 bits per heavy atom. The summed E-state index contributed by atoms with van der Waals surface area (Å²) < 4.78 is 25.2. The van der Waals surface area contributed by atoms with Gasteiger partial charge in [0.15, 0.2) is 0 Å². The van der Waals surface area contributed by atoms with Gasteiger partial charge in [0.1, 0.15) is 0 Å². The molecular formula is C16H23N3O3S. The SMILES string of the molecule is CN(C)S(=O)(=O)C[C@@H]1CN(Cc2ccc3[nH]ccc3c2)C[C@H]1O. The second kappa shape index (κ2) is 6.24. The Kier molecular flexibility index (Phi) is 4.46. The van der Waals surface area contributed by atoms with Crippen molar-refractivity contribution < 1.29 is 13.5 Å². The highest BCUT2D eigenvalue weighted by Gasteiger charge is 2.35. The molecule has 0 spiro atoms. The Labute approximate surface area is 136 Å². The lowest BCUT2D eigenvalue weighted by Crippen LogP contribution is -2.33. The van der Waals surface area contributed by atoms with E-state index in [1.54, 1.807) is 0 Å². The molecular weight excluding hydrogens is 314 g/mol. The van der Waals surface area contributed by atoms with E-state index in [2.05, 4.69) is 22.0 Å².